The van der Waals surface area contributed by atoms with Crippen LogP contribution in [0.1, 0.15) is 28.3 Å². The highest BCUT2D eigenvalue weighted by molar-refractivity contribution is 5.75. The van der Waals surface area contributed by atoms with Crippen molar-refractivity contribution in [2.45, 2.75) is 38.0 Å². The number of halogens is 6. The van der Waals surface area contributed by atoms with Crippen molar-refractivity contribution in [2.24, 2.45) is 0 Å². The lowest BCUT2D eigenvalue weighted by molar-refractivity contribution is -0.200. The number of alkyl halides is 6. The molecule has 0 bridgehead atoms. The van der Waals surface area contributed by atoms with Gasteiger partial charge in [-0.25, -0.2) is 0 Å². The van der Waals surface area contributed by atoms with Gasteiger partial charge in [0.15, 0.2) is 6.10 Å². The van der Waals surface area contributed by atoms with Gasteiger partial charge in [0.05, 0.1) is 29.5 Å². The molecule has 0 amide bonds. The molecule has 0 saturated carbocycles. The van der Waals surface area contributed by atoms with E-state index in [4.69, 9.17) is 0 Å². The largest absolute Gasteiger partial charge is 0.416 e. The van der Waals surface area contributed by atoms with Crippen molar-refractivity contribution in [2.75, 3.05) is 22.9 Å². The lowest BCUT2D eigenvalue weighted by atomic mass is 9.96. The smallest absolute Gasteiger partial charge is 0.382 e. The Kier molecular flexibility index (Phi) is 6.73. The molecule has 2 atom stereocenters. The van der Waals surface area contributed by atoms with Gasteiger partial charge in [-0.3, -0.25) is 0 Å². The molecule has 9 heteroatoms. The summed E-state index contributed by atoms with van der Waals surface area (Å²) < 4.78 is 80.2. The van der Waals surface area contributed by atoms with Crippen LogP contribution in [0, 0.1) is 6.92 Å². The average Bonchev–Trinajstić information content (AvgIpc) is 2.80. The first-order valence-corrected chi connectivity index (χ1v) is 11.0. The minimum atomic E-state index is -4.87. The number of aliphatic hydroxyl groups is 1. The van der Waals surface area contributed by atoms with E-state index >= 15 is 0 Å². The first-order valence-electron chi connectivity index (χ1n) is 11.0. The highest BCUT2D eigenvalue weighted by Crippen LogP contribution is 2.43. The molecule has 0 aromatic heterocycles. The third-order valence-electron chi connectivity index (χ3n) is 6.27. The third kappa shape index (κ3) is 5.40. The zero-order valence-electron chi connectivity index (χ0n) is 18.8. The van der Waals surface area contributed by atoms with E-state index in [0.717, 1.165) is 23.3 Å². The summed E-state index contributed by atoms with van der Waals surface area (Å²) in [4.78, 5) is 3.32. The number of benzene rings is 3. The van der Waals surface area contributed by atoms with Crippen LogP contribution in [0.15, 0.2) is 72.8 Å². The number of hydrogen-bond donors (Lipinski definition) is 1. The van der Waals surface area contributed by atoms with Crippen molar-refractivity contribution in [3.8, 4) is 0 Å². The summed E-state index contributed by atoms with van der Waals surface area (Å²) in [5.41, 5.74) is 2.42. The summed E-state index contributed by atoms with van der Waals surface area (Å²) in [6.07, 6.45) is -12.1. The fourth-order valence-corrected chi connectivity index (χ4v) is 4.41. The summed E-state index contributed by atoms with van der Waals surface area (Å²) in [6, 6.07) is 18.3. The predicted molar refractivity (Wildman–Crippen MR) is 122 cm³/mol. The van der Waals surface area contributed by atoms with Crippen molar-refractivity contribution in [1.29, 1.82) is 0 Å². The Morgan fingerprint density at radius 1 is 0.886 bits per heavy atom. The van der Waals surface area contributed by atoms with Crippen molar-refractivity contribution in [1.82, 2.24) is 0 Å². The number of β-amino-alcohol motifs (C(OH)–C–C–N with tert-alkyl or cyclic N) is 1. The minimum absolute atomic E-state index is 0.136. The van der Waals surface area contributed by atoms with Gasteiger partial charge in [0, 0.05) is 13.1 Å². The Labute approximate surface area is 199 Å². The molecule has 3 nitrogen and oxygen atoms in total. The molecule has 3 aromatic rings. The number of fused-ring (bicyclic) bond motifs is 1. The van der Waals surface area contributed by atoms with E-state index in [9.17, 15) is 31.4 Å². The number of aliphatic hydroxyl groups excluding tert-OH is 1. The van der Waals surface area contributed by atoms with Gasteiger partial charge >= 0.3 is 12.4 Å². The average molecular weight is 494 g/mol. The van der Waals surface area contributed by atoms with Crippen LogP contribution in [0.3, 0.4) is 0 Å². The minimum Gasteiger partial charge on any atom is -0.382 e. The quantitative estimate of drug-likeness (QED) is 0.410. The van der Waals surface area contributed by atoms with Gasteiger partial charge < -0.3 is 14.9 Å². The van der Waals surface area contributed by atoms with Gasteiger partial charge in [-0.2, -0.15) is 26.3 Å². The maximum Gasteiger partial charge on any atom is 0.416 e. The molecule has 1 heterocycles. The highest BCUT2D eigenvalue weighted by Gasteiger charge is 2.42. The van der Waals surface area contributed by atoms with E-state index in [1.807, 2.05) is 36.1 Å². The van der Waals surface area contributed by atoms with Gasteiger partial charge in [-0.05, 0) is 47.9 Å². The maximum atomic E-state index is 13.4. The standard InChI is InChI=1S/C26H24F6N2O/c1-17-7-2-3-8-19(17)14-33-15-23(18-9-6-10-20(13-18)25(27,28)29)34(16-24(35)26(30,31)32)22-12-5-4-11-21(22)33/h2-13,23-24,35H,14-16H2,1H3/t23?,24-/m1/s1. The van der Waals surface area contributed by atoms with E-state index in [2.05, 4.69) is 0 Å². The number of rotatable bonds is 5. The second-order valence-corrected chi connectivity index (χ2v) is 8.64. The Bertz CT molecular complexity index is 1180. The Hall–Kier alpha value is -3.20. The van der Waals surface area contributed by atoms with Crippen LogP contribution in [0.5, 0.6) is 0 Å². The molecule has 1 unspecified atom stereocenters. The van der Waals surface area contributed by atoms with Crippen molar-refractivity contribution < 1.29 is 31.4 Å². The van der Waals surface area contributed by atoms with Crippen LogP contribution < -0.4 is 9.80 Å². The zero-order chi connectivity index (χ0) is 25.4. The molecule has 3 aromatic carbocycles. The number of aryl methyl sites for hydroxylation is 1. The van der Waals surface area contributed by atoms with Gasteiger partial charge in [0.25, 0.3) is 0 Å². The maximum absolute atomic E-state index is 13.4. The normalized spacial score (nSPS) is 17.3. The second-order valence-electron chi connectivity index (χ2n) is 8.64. The Morgan fingerprint density at radius 2 is 1.54 bits per heavy atom. The number of anilines is 2. The van der Waals surface area contributed by atoms with Gasteiger partial charge in [0.1, 0.15) is 0 Å². The molecule has 35 heavy (non-hydrogen) atoms. The van der Waals surface area contributed by atoms with Crippen LogP contribution in [0.25, 0.3) is 0 Å². The monoisotopic (exact) mass is 494 g/mol. The topological polar surface area (TPSA) is 26.7 Å². The lowest BCUT2D eigenvalue weighted by Crippen LogP contribution is -2.49. The number of para-hydroxylation sites is 2. The van der Waals surface area contributed by atoms with E-state index in [1.165, 1.54) is 17.0 Å². The Morgan fingerprint density at radius 3 is 2.20 bits per heavy atom. The molecule has 0 aliphatic carbocycles. The van der Waals surface area contributed by atoms with Gasteiger partial charge in [-0.15, -0.1) is 0 Å². The van der Waals surface area contributed by atoms with Gasteiger partial charge in [-0.1, -0.05) is 48.5 Å². The first-order chi connectivity index (χ1) is 16.4. The van der Waals surface area contributed by atoms with E-state index in [-0.39, 0.29) is 12.1 Å². The molecule has 186 valence electrons. The third-order valence-corrected chi connectivity index (χ3v) is 6.27. The Balaban J connectivity index is 1.81. The molecule has 0 radical (unpaired) electrons. The summed E-state index contributed by atoms with van der Waals surface area (Å²) in [5, 5.41) is 9.89. The van der Waals surface area contributed by atoms with E-state index < -0.39 is 36.6 Å². The highest BCUT2D eigenvalue weighted by atomic mass is 19.4. The molecule has 0 saturated heterocycles. The molecule has 1 aliphatic heterocycles. The van der Waals surface area contributed by atoms with Gasteiger partial charge in [0.2, 0.25) is 0 Å². The zero-order valence-corrected chi connectivity index (χ0v) is 18.8. The summed E-state index contributed by atoms with van der Waals surface area (Å²) >= 11 is 0. The predicted octanol–water partition coefficient (Wildman–Crippen LogP) is 6.50. The van der Waals surface area contributed by atoms with E-state index in [1.54, 1.807) is 24.3 Å². The number of nitrogens with zero attached hydrogens (tertiary/aromatic N) is 2. The summed E-state index contributed by atoms with van der Waals surface area (Å²) in [5.74, 6) is 0. The number of hydrogen-bond acceptors (Lipinski definition) is 3. The van der Waals surface area contributed by atoms with Crippen LogP contribution in [0.2, 0.25) is 0 Å². The van der Waals surface area contributed by atoms with E-state index in [0.29, 0.717) is 17.9 Å². The van der Waals surface area contributed by atoms with Crippen LogP contribution in [-0.2, 0) is 12.7 Å². The molecule has 0 spiro atoms. The lowest BCUT2D eigenvalue weighted by Gasteiger charge is -2.46. The molecule has 0 fully saturated rings. The molecule has 1 aliphatic rings. The molecular formula is C26H24F6N2O. The van der Waals surface area contributed by atoms with Crippen molar-refractivity contribution in [3.63, 3.8) is 0 Å². The van der Waals surface area contributed by atoms with Crippen molar-refractivity contribution in [3.05, 3.63) is 95.1 Å². The fourth-order valence-electron chi connectivity index (χ4n) is 4.41. The van der Waals surface area contributed by atoms with Crippen molar-refractivity contribution >= 4 is 11.4 Å². The summed E-state index contributed by atoms with van der Waals surface area (Å²) in [7, 11) is 0. The fraction of sp³-hybridized carbons (Fsp3) is 0.308. The van der Waals surface area contributed by atoms with Crippen LogP contribution >= 0.6 is 0 Å². The van der Waals surface area contributed by atoms with Crippen LogP contribution in [-0.4, -0.2) is 30.5 Å². The summed E-state index contributed by atoms with van der Waals surface area (Å²) in [6.45, 7) is 1.70. The van der Waals surface area contributed by atoms with Crippen LogP contribution in [0.4, 0.5) is 37.7 Å². The molecular weight excluding hydrogens is 470 g/mol. The first kappa shape index (κ1) is 24.9. The second kappa shape index (κ2) is 9.45. The molecule has 4 rings (SSSR count). The molecule has 1 N–H and O–H groups in total. The SMILES string of the molecule is Cc1ccccc1CN1CC(c2cccc(C(F)(F)F)c2)N(C[C@@H](O)C(F)(F)F)c2ccccc21.